The zero-order chi connectivity index (χ0) is 11.4. The molecule has 1 heteroatoms. The zero-order valence-electron chi connectivity index (χ0n) is 9.33. The minimum absolute atomic E-state index is 0.119. The van der Waals surface area contributed by atoms with Crippen LogP contribution in [-0.2, 0) is 6.42 Å². The Hall–Kier alpha value is -1.89. The van der Waals surface area contributed by atoms with E-state index >= 15 is 0 Å². The van der Waals surface area contributed by atoms with Crippen LogP contribution in [0.15, 0.2) is 36.4 Å². The van der Waals surface area contributed by atoms with E-state index in [2.05, 4.69) is 18.2 Å². The lowest BCUT2D eigenvalue weighted by atomic mass is 9.90. The van der Waals surface area contributed by atoms with E-state index in [-0.39, 0.29) is 5.82 Å². The van der Waals surface area contributed by atoms with Crippen LogP contribution in [0.1, 0.15) is 12.0 Å². The Balaban J connectivity index is 2.43. The van der Waals surface area contributed by atoms with Crippen LogP contribution in [0.3, 0.4) is 0 Å². The van der Waals surface area contributed by atoms with Crippen molar-refractivity contribution in [2.24, 2.45) is 0 Å². The molecule has 0 saturated carbocycles. The summed E-state index contributed by atoms with van der Waals surface area (Å²) in [6, 6.07) is 11.7. The summed E-state index contributed by atoms with van der Waals surface area (Å²) in [5.41, 5.74) is 1.35. The highest BCUT2D eigenvalue weighted by Gasteiger charge is 2.12. The van der Waals surface area contributed by atoms with Crippen molar-refractivity contribution in [3.05, 3.63) is 53.0 Å². The van der Waals surface area contributed by atoms with Crippen LogP contribution in [0.25, 0.3) is 27.6 Å². The Morgan fingerprint density at radius 2 is 1.76 bits per heavy atom. The van der Waals surface area contributed by atoms with Gasteiger partial charge in [-0.3, -0.25) is 0 Å². The fourth-order valence-corrected chi connectivity index (χ4v) is 2.97. The standard InChI is InChI=1S/C16H11F/c17-14-9-7-12-5-4-10-2-1-3-11-6-8-13(14)16(12)15(10)11/h3-9H,1-2H2. The van der Waals surface area contributed by atoms with Gasteiger partial charge in [0.15, 0.2) is 0 Å². The molecule has 0 N–H and O–H groups in total. The van der Waals surface area contributed by atoms with Gasteiger partial charge in [-0.25, -0.2) is 4.39 Å². The average Bonchev–Trinajstić information content (AvgIpc) is 2.38. The van der Waals surface area contributed by atoms with Gasteiger partial charge in [0.05, 0.1) is 0 Å². The third kappa shape index (κ3) is 1.11. The van der Waals surface area contributed by atoms with Crippen LogP contribution in [0.2, 0.25) is 0 Å². The molecule has 3 aromatic rings. The summed E-state index contributed by atoms with van der Waals surface area (Å²) in [5, 5.41) is 5.49. The molecule has 0 nitrogen and oxygen atoms in total. The van der Waals surface area contributed by atoms with E-state index in [9.17, 15) is 4.39 Å². The van der Waals surface area contributed by atoms with Crippen LogP contribution in [0.5, 0.6) is 0 Å². The molecule has 0 unspecified atom stereocenters. The summed E-state index contributed by atoms with van der Waals surface area (Å²) < 4.78 is 13.8. The second-order valence-corrected chi connectivity index (χ2v) is 4.69. The van der Waals surface area contributed by atoms with Crippen LogP contribution in [-0.4, -0.2) is 0 Å². The lowest BCUT2D eigenvalue weighted by molar-refractivity contribution is 0.640. The monoisotopic (exact) mass is 222 g/mol. The first kappa shape index (κ1) is 9.17. The maximum atomic E-state index is 13.8. The zero-order valence-corrected chi connectivity index (χ0v) is 9.33. The summed E-state index contributed by atoms with van der Waals surface area (Å²) >= 11 is 0. The molecule has 0 saturated heterocycles. The summed E-state index contributed by atoms with van der Waals surface area (Å²) in [4.78, 5) is 0. The SMILES string of the molecule is Fc1ccc2ccc3c4c(ccc1c24)=CCC3. The molecule has 82 valence electrons. The number of aryl methyl sites for hydroxylation is 1. The topological polar surface area (TPSA) is 0 Å². The smallest absolute Gasteiger partial charge is 0.131 e. The summed E-state index contributed by atoms with van der Waals surface area (Å²) in [5.74, 6) is -0.119. The molecule has 0 bridgehead atoms. The molecular weight excluding hydrogens is 211 g/mol. The van der Waals surface area contributed by atoms with Crippen LogP contribution in [0.4, 0.5) is 4.39 Å². The highest BCUT2D eigenvalue weighted by molar-refractivity contribution is 6.11. The molecule has 1 aliphatic rings. The van der Waals surface area contributed by atoms with Crippen molar-refractivity contribution in [2.75, 3.05) is 0 Å². The molecule has 0 radical (unpaired) electrons. The Bertz CT molecular complexity index is 799. The molecule has 0 aromatic heterocycles. The fraction of sp³-hybridized carbons (Fsp3) is 0.125. The summed E-state index contributed by atoms with van der Waals surface area (Å²) in [7, 11) is 0. The van der Waals surface area contributed by atoms with Crippen LogP contribution in [0, 0.1) is 5.82 Å². The Labute approximate surface area is 98.3 Å². The molecule has 0 spiro atoms. The number of hydrogen-bond donors (Lipinski definition) is 0. The Morgan fingerprint density at radius 3 is 2.71 bits per heavy atom. The molecular formula is C16H11F. The highest BCUT2D eigenvalue weighted by Crippen LogP contribution is 2.30. The van der Waals surface area contributed by atoms with Gasteiger partial charge in [-0.2, -0.15) is 0 Å². The van der Waals surface area contributed by atoms with E-state index in [1.807, 2.05) is 18.2 Å². The van der Waals surface area contributed by atoms with E-state index in [0.717, 1.165) is 29.0 Å². The third-order valence-electron chi connectivity index (χ3n) is 3.76. The van der Waals surface area contributed by atoms with Gasteiger partial charge in [-0.15, -0.1) is 0 Å². The van der Waals surface area contributed by atoms with Gasteiger partial charge in [0.25, 0.3) is 0 Å². The maximum absolute atomic E-state index is 13.8. The first-order chi connectivity index (χ1) is 8.34. The summed E-state index contributed by atoms with van der Waals surface area (Å²) in [6.45, 7) is 0. The van der Waals surface area contributed by atoms with Crippen molar-refractivity contribution in [3.8, 4) is 0 Å². The van der Waals surface area contributed by atoms with Crippen molar-refractivity contribution >= 4 is 27.6 Å². The molecule has 3 aromatic carbocycles. The largest absolute Gasteiger partial charge is 0.206 e. The predicted octanol–water partition coefficient (Wildman–Crippen LogP) is 3.58. The fourth-order valence-electron chi connectivity index (χ4n) is 2.97. The normalized spacial score (nSPS) is 14.2. The van der Waals surface area contributed by atoms with Crippen LogP contribution < -0.4 is 5.22 Å². The van der Waals surface area contributed by atoms with Crippen molar-refractivity contribution < 1.29 is 4.39 Å². The van der Waals surface area contributed by atoms with Gasteiger partial charge in [-0.05, 0) is 45.8 Å². The molecule has 0 heterocycles. The molecule has 0 atom stereocenters. The molecule has 0 amide bonds. The second-order valence-electron chi connectivity index (χ2n) is 4.69. The lowest BCUT2D eigenvalue weighted by Gasteiger charge is -2.14. The first-order valence-electron chi connectivity index (χ1n) is 5.97. The van der Waals surface area contributed by atoms with Gasteiger partial charge < -0.3 is 0 Å². The van der Waals surface area contributed by atoms with E-state index in [1.54, 1.807) is 6.07 Å². The number of rotatable bonds is 0. The summed E-state index contributed by atoms with van der Waals surface area (Å²) in [6.07, 6.45) is 4.41. The van der Waals surface area contributed by atoms with Crippen LogP contribution >= 0.6 is 0 Å². The molecule has 0 fully saturated rings. The van der Waals surface area contributed by atoms with E-state index in [4.69, 9.17) is 0 Å². The molecule has 1 aliphatic carbocycles. The number of halogens is 1. The first-order valence-corrected chi connectivity index (χ1v) is 5.97. The maximum Gasteiger partial charge on any atom is 0.131 e. The highest BCUT2D eigenvalue weighted by atomic mass is 19.1. The van der Waals surface area contributed by atoms with Gasteiger partial charge in [-0.1, -0.05) is 36.4 Å². The molecule has 17 heavy (non-hydrogen) atoms. The Morgan fingerprint density at radius 1 is 0.882 bits per heavy atom. The van der Waals surface area contributed by atoms with E-state index in [1.165, 1.54) is 16.2 Å². The minimum atomic E-state index is -0.119. The predicted molar refractivity (Wildman–Crippen MR) is 69.4 cm³/mol. The van der Waals surface area contributed by atoms with E-state index in [0.29, 0.717) is 0 Å². The van der Waals surface area contributed by atoms with Gasteiger partial charge >= 0.3 is 0 Å². The van der Waals surface area contributed by atoms with Crippen molar-refractivity contribution in [3.63, 3.8) is 0 Å². The van der Waals surface area contributed by atoms with Gasteiger partial charge in [0.2, 0.25) is 0 Å². The second kappa shape index (κ2) is 3.07. The third-order valence-corrected chi connectivity index (χ3v) is 3.76. The number of hydrogen-bond acceptors (Lipinski definition) is 0. The van der Waals surface area contributed by atoms with E-state index < -0.39 is 0 Å². The van der Waals surface area contributed by atoms with Crippen molar-refractivity contribution in [1.29, 1.82) is 0 Å². The number of benzene rings is 3. The van der Waals surface area contributed by atoms with Gasteiger partial charge in [0, 0.05) is 5.39 Å². The molecule has 0 aliphatic heterocycles. The van der Waals surface area contributed by atoms with Gasteiger partial charge in [0.1, 0.15) is 5.82 Å². The lowest BCUT2D eigenvalue weighted by Crippen LogP contribution is -2.10. The minimum Gasteiger partial charge on any atom is -0.206 e. The van der Waals surface area contributed by atoms with Crippen molar-refractivity contribution in [1.82, 2.24) is 0 Å². The average molecular weight is 222 g/mol. The molecule has 4 rings (SSSR count). The quantitative estimate of drug-likeness (QED) is 0.545. The van der Waals surface area contributed by atoms with Crippen molar-refractivity contribution in [2.45, 2.75) is 12.8 Å². The Kier molecular flexibility index (Phi) is 1.66.